The number of rotatable bonds is 4. The van der Waals surface area contributed by atoms with Crippen molar-refractivity contribution in [2.45, 2.75) is 39.7 Å². The zero-order valence-corrected chi connectivity index (χ0v) is 17.2. The maximum absolute atomic E-state index is 12.8. The lowest BCUT2D eigenvalue weighted by molar-refractivity contribution is 0.0998. The number of benzene rings is 2. The van der Waals surface area contributed by atoms with Gasteiger partial charge in [-0.25, -0.2) is 4.98 Å². The highest BCUT2D eigenvalue weighted by molar-refractivity contribution is 7.17. The van der Waals surface area contributed by atoms with Gasteiger partial charge in [-0.15, -0.1) is 11.3 Å². The predicted octanol–water partition coefficient (Wildman–Crippen LogP) is 5.59. The average Bonchev–Trinajstić information content (AvgIpc) is 3.25. The van der Waals surface area contributed by atoms with E-state index in [1.165, 1.54) is 21.6 Å². The maximum atomic E-state index is 12.8. The first-order chi connectivity index (χ1) is 13.1. The molecule has 1 amide bonds. The molecule has 0 saturated carbocycles. The standard InChI is InChI=1S/C21H21N3OS2/c1-4-9-24-17-8-6-14(13(2)3)10-19(17)27-21(24)23-20(25)15-5-7-16-18(11-15)26-12-22-16/h5-8,10-13H,4,9H2,1-3H3. The number of fused-ring (bicyclic) bond motifs is 2. The van der Waals surface area contributed by atoms with Crippen molar-refractivity contribution >= 4 is 49.0 Å². The molecule has 6 heteroatoms. The molecule has 0 aliphatic rings. The van der Waals surface area contributed by atoms with E-state index in [0.29, 0.717) is 11.5 Å². The van der Waals surface area contributed by atoms with Crippen LogP contribution in [0.15, 0.2) is 46.9 Å². The number of thiazole rings is 2. The van der Waals surface area contributed by atoms with E-state index in [4.69, 9.17) is 0 Å². The first kappa shape index (κ1) is 18.1. The van der Waals surface area contributed by atoms with Crippen molar-refractivity contribution in [3.8, 4) is 0 Å². The smallest absolute Gasteiger partial charge is 0.279 e. The number of hydrogen-bond donors (Lipinski definition) is 0. The summed E-state index contributed by atoms with van der Waals surface area (Å²) < 4.78 is 4.35. The molecule has 0 saturated heterocycles. The van der Waals surface area contributed by atoms with Crippen LogP contribution in [0.1, 0.15) is 49.0 Å². The Balaban J connectivity index is 1.82. The van der Waals surface area contributed by atoms with Gasteiger partial charge in [0.05, 0.1) is 25.9 Å². The molecule has 4 aromatic rings. The molecule has 0 aliphatic carbocycles. The molecule has 0 spiro atoms. The molecule has 27 heavy (non-hydrogen) atoms. The van der Waals surface area contributed by atoms with Gasteiger partial charge in [-0.3, -0.25) is 4.79 Å². The lowest BCUT2D eigenvalue weighted by Gasteiger charge is -2.06. The van der Waals surface area contributed by atoms with Crippen LogP contribution in [0.25, 0.3) is 20.4 Å². The van der Waals surface area contributed by atoms with Gasteiger partial charge in [-0.05, 0) is 48.2 Å². The van der Waals surface area contributed by atoms with Gasteiger partial charge in [0, 0.05) is 12.1 Å². The van der Waals surface area contributed by atoms with Crippen molar-refractivity contribution in [1.82, 2.24) is 9.55 Å². The number of hydrogen-bond acceptors (Lipinski definition) is 4. The lowest BCUT2D eigenvalue weighted by Crippen LogP contribution is -2.16. The van der Waals surface area contributed by atoms with Gasteiger partial charge in [-0.2, -0.15) is 4.99 Å². The van der Waals surface area contributed by atoms with Gasteiger partial charge >= 0.3 is 0 Å². The molecule has 2 aromatic heterocycles. The molecule has 0 fully saturated rings. The van der Waals surface area contributed by atoms with Crippen molar-refractivity contribution in [3.63, 3.8) is 0 Å². The SMILES string of the molecule is CCCn1c(=NC(=O)c2ccc3ncsc3c2)sc2cc(C(C)C)ccc21. The van der Waals surface area contributed by atoms with Gasteiger partial charge < -0.3 is 4.57 Å². The molecule has 0 atom stereocenters. The topological polar surface area (TPSA) is 47.2 Å². The number of carbonyl (C=O) groups is 1. The highest BCUT2D eigenvalue weighted by atomic mass is 32.1. The van der Waals surface area contributed by atoms with E-state index >= 15 is 0 Å². The monoisotopic (exact) mass is 395 g/mol. The Bertz CT molecular complexity index is 1200. The van der Waals surface area contributed by atoms with E-state index in [9.17, 15) is 4.79 Å². The highest BCUT2D eigenvalue weighted by Crippen LogP contribution is 2.24. The molecule has 138 valence electrons. The fourth-order valence-electron chi connectivity index (χ4n) is 3.11. The lowest BCUT2D eigenvalue weighted by atomic mass is 10.0. The van der Waals surface area contributed by atoms with Crippen LogP contribution in [0.3, 0.4) is 0 Å². The third kappa shape index (κ3) is 3.47. The molecule has 0 bridgehead atoms. The van der Waals surface area contributed by atoms with Crippen LogP contribution >= 0.6 is 22.7 Å². The fourth-order valence-corrected chi connectivity index (χ4v) is 4.93. The molecule has 4 rings (SSSR count). The third-order valence-electron chi connectivity index (χ3n) is 4.60. The van der Waals surface area contributed by atoms with Crippen molar-refractivity contribution < 1.29 is 4.79 Å². The summed E-state index contributed by atoms with van der Waals surface area (Å²) in [5, 5.41) is 0. The van der Waals surface area contributed by atoms with Crippen molar-refractivity contribution in [1.29, 1.82) is 0 Å². The van der Waals surface area contributed by atoms with Gasteiger partial charge in [0.15, 0.2) is 4.80 Å². The van der Waals surface area contributed by atoms with E-state index in [1.54, 1.807) is 16.8 Å². The Hall–Kier alpha value is -2.31. The Morgan fingerprint density at radius 2 is 2.04 bits per heavy atom. The quantitative estimate of drug-likeness (QED) is 0.452. The van der Waals surface area contributed by atoms with E-state index in [-0.39, 0.29) is 5.91 Å². The second kappa shape index (κ2) is 7.37. The third-order valence-corrected chi connectivity index (χ3v) is 6.43. The molecule has 0 aliphatic heterocycles. The second-order valence-electron chi connectivity index (χ2n) is 6.87. The number of amides is 1. The number of aromatic nitrogens is 2. The molecule has 0 N–H and O–H groups in total. The van der Waals surface area contributed by atoms with E-state index < -0.39 is 0 Å². The second-order valence-corrected chi connectivity index (χ2v) is 8.77. The minimum atomic E-state index is -0.203. The zero-order valence-electron chi connectivity index (χ0n) is 15.6. The van der Waals surface area contributed by atoms with Crippen LogP contribution in [-0.4, -0.2) is 15.5 Å². The minimum absolute atomic E-state index is 0.203. The molecule has 0 unspecified atom stereocenters. The summed E-state index contributed by atoms with van der Waals surface area (Å²) in [6.45, 7) is 7.38. The summed E-state index contributed by atoms with van der Waals surface area (Å²) >= 11 is 3.13. The maximum Gasteiger partial charge on any atom is 0.279 e. The Kier molecular flexibility index (Phi) is 4.93. The highest BCUT2D eigenvalue weighted by Gasteiger charge is 2.11. The van der Waals surface area contributed by atoms with Crippen molar-refractivity contribution in [3.05, 3.63) is 57.8 Å². The normalized spacial score (nSPS) is 12.5. The fraction of sp³-hybridized carbons (Fsp3) is 0.286. The summed E-state index contributed by atoms with van der Waals surface area (Å²) in [4.78, 5) is 22.3. The summed E-state index contributed by atoms with van der Waals surface area (Å²) in [5.41, 5.74) is 5.77. The molecule has 0 radical (unpaired) electrons. The van der Waals surface area contributed by atoms with Crippen LogP contribution in [0.5, 0.6) is 0 Å². The van der Waals surface area contributed by atoms with Crippen LogP contribution in [-0.2, 0) is 6.54 Å². The van der Waals surface area contributed by atoms with Gasteiger partial charge in [0.25, 0.3) is 5.91 Å². The van der Waals surface area contributed by atoms with Crippen molar-refractivity contribution in [2.75, 3.05) is 0 Å². The largest absolute Gasteiger partial charge is 0.316 e. The van der Waals surface area contributed by atoms with Gasteiger partial charge in [0.1, 0.15) is 0 Å². The summed E-state index contributed by atoms with van der Waals surface area (Å²) in [6, 6.07) is 12.1. The molecule has 2 heterocycles. The Morgan fingerprint density at radius 3 is 2.81 bits per heavy atom. The van der Waals surface area contributed by atoms with Crippen LogP contribution < -0.4 is 4.80 Å². The minimum Gasteiger partial charge on any atom is -0.316 e. The molecule has 4 nitrogen and oxygen atoms in total. The van der Waals surface area contributed by atoms with Gasteiger partial charge in [-0.1, -0.05) is 38.2 Å². The average molecular weight is 396 g/mol. The molecular weight excluding hydrogens is 374 g/mol. The first-order valence-corrected chi connectivity index (χ1v) is 10.8. The Morgan fingerprint density at radius 1 is 1.19 bits per heavy atom. The first-order valence-electron chi connectivity index (χ1n) is 9.12. The Labute approximate surface area is 165 Å². The van der Waals surface area contributed by atoms with E-state index in [0.717, 1.165) is 33.5 Å². The molecular formula is C21H21N3OS2. The molecule has 2 aromatic carbocycles. The zero-order chi connectivity index (χ0) is 19.0. The number of carbonyl (C=O) groups excluding carboxylic acids is 1. The number of aryl methyl sites for hydroxylation is 1. The summed E-state index contributed by atoms with van der Waals surface area (Å²) in [6.07, 6.45) is 0.992. The number of nitrogens with zero attached hydrogens (tertiary/aromatic N) is 3. The van der Waals surface area contributed by atoms with Crippen molar-refractivity contribution in [2.24, 2.45) is 4.99 Å². The summed E-state index contributed by atoms with van der Waals surface area (Å²) in [5.74, 6) is 0.273. The van der Waals surface area contributed by atoms with Gasteiger partial charge in [0.2, 0.25) is 0 Å². The van der Waals surface area contributed by atoms with E-state index in [1.807, 2.05) is 18.2 Å². The van der Waals surface area contributed by atoms with Crippen LogP contribution in [0.2, 0.25) is 0 Å². The predicted molar refractivity (Wildman–Crippen MR) is 114 cm³/mol. The van der Waals surface area contributed by atoms with Crippen LogP contribution in [0, 0.1) is 0 Å². The summed E-state index contributed by atoms with van der Waals surface area (Å²) in [7, 11) is 0. The van der Waals surface area contributed by atoms with E-state index in [2.05, 4.69) is 53.5 Å². The van der Waals surface area contributed by atoms with Crippen LogP contribution in [0.4, 0.5) is 0 Å².